The lowest BCUT2D eigenvalue weighted by molar-refractivity contribution is -0.120. The monoisotopic (exact) mass is 431 g/mol. The fourth-order valence-electron chi connectivity index (χ4n) is 2.43. The number of alkyl carbamates (subject to hydrolysis) is 1. The fraction of sp³-hybridized carbons (Fsp3) is 0.318. The summed E-state index contributed by atoms with van der Waals surface area (Å²) in [5.41, 5.74) is 1.77. The number of rotatable bonds is 7. The Balaban J connectivity index is 1.73. The molecule has 0 bridgehead atoms. The van der Waals surface area contributed by atoms with Crippen LogP contribution >= 0.6 is 11.6 Å². The van der Waals surface area contributed by atoms with Crippen molar-refractivity contribution >= 4 is 35.2 Å². The summed E-state index contributed by atoms with van der Waals surface area (Å²) >= 11 is 5.84. The number of nitrogens with one attached hydrogen (secondary N) is 3. The van der Waals surface area contributed by atoms with Crippen molar-refractivity contribution < 1.29 is 19.1 Å². The van der Waals surface area contributed by atoms with Crippen molar-refractivity contribution in [1.29, 1.82) is 0 Å². The summed E-state index contributed by atoms with van der Waals surface area (Å²) in [6.07, 6.45) is -0.393. The Morgan fingerprint density at radius 1 is 0.867 bits per heavy atom. The predicted octanol–water partition coefficient (Wildman–Crippen LogP) is 3.66. The lowest BCUT2D eigenvalue weighted by Gasteiger charge is -2.19. The lowest BCUT2D eigenvalue weighted by atomic mass is 10.1. The van der Waals surface area contributed by atoms with Crippen LogP contribution in [0.2, 0.25) is 5.02 Å². The molecule has 2 aromatic rings. The zero-order valence-corrected chi connectivity index (χ0v) is 18.0. The molecule has 30 heavy (non-hydrogen) atoms. The summed E-state index contributed by atoms with van der Waals surface area (Å²) in [6, 6.07) is 14.3. The molecule has 0 spiro atoms. The van der Waals surface area contributed by atoms with Gasteiger partial charge in [-0.15, -0.1) is 0 Å². The molecule has 2 rings (SSSR count). The van der Waals surface area contributed by atoms with Crippen LogP contribution in [0.1, 0.15) is 31.9 Å². The van der Waals surface area contributed by atoms with Crippen LogP contribution in [0.3, 0.4) is 0 Å². The van der Waals surface area contributed by atoms with Gasteiger partial charge >= 0.3 is 6.09 Å². The van der Waals surface area contributed by atoms with E-state index in [1.807, 2.05) is 12.1 Å². The highest BCUT2D eigenvalue weighted by molar-refractivity contribution is 6.30. The minimum Gasteiger partial charge on any atom is -0.444 e. The van der Waals surface area contributed by atoms with Gasteiger partial charge in [-0.25, -0.2) is 4.79 Å². The van der Waals surface area contributed by atoms with E-state index in [0.29, 0.717) is 17.3 Å². The summed E-state index contributed by atoms with van der Waals surface area (Å²) in [6.45, 7) is 5.37. The summed E-state index contributed by atoms with van der Waals surface area (Å²) < 4.78 is 5.07. The molecule has 2 aromatic carbocycles. The molecule has 0 aliphatic carbocycles. The van der Waals surface area contributed by atoms with Crippen LogP contribution in [-0.4, -0.2) is 30.1 Å². The molecule has 0 aromatic heterocycles. The van der Waals surface area contributed by atoms with Gasteiger partial charge in [-0.05, 0) is 56.2 Å². The van der Waals surface area contributed by atoms with Gasteiger partial charge in [-0.2, -0.15) is 0 Å². The lowest BCUT2D eigenvalue weighted by Crippen LogP contribution is -2.39. The fourth-order valence-corrected chi connectivity index (χ4v) is 2.55. The van der Waals surface area contributed by atoms with E-state index in [1.54, 1.807) is 57.2 Å². The Kier molecular flexibility index (Phi) is 8.24. The highest BCUT2D eigenvalue weighted by Crippen LogP contribution is 2.13. The molecular weight excluding hydrogens is 406 g/mol. The van der Waals surface area contributed by atoms with Crippen LogP contribution < -0.4 is 16.0 Å². The van der Waals surface area contributed by atoms with Crippen LogP contribution in [0.4, 0.5) is 10.5 Å². The van der Waals surface area contributed by atoms with Crippen molar-refractivity contribution in [1.82, 2.24) is 10.6 Å². The number of benzene rings is 2. The van der Waals surface area contributed by atoms with Crippen molar-refractivity contribution in [2.45, 2.75) is 39.3 Å². The maximum absolute atomic E-state index is 12.1. The Hall–Kier alpha value is -3.06. The van der Waals surface area contributed by atoms with Gasteiger partial charge in [0.15, 0.2) is 0 Å². The van der Waals surface area contributed by atoms with Gasteiger partial charge in [-0.1, -0.05) is 35.9 Å². The number of halogens is 1. The van der Waals surface area contributed by atoms with E-state index >= 15 is 0 Å². The first-order chi connectivity index (χ1) is 14.1. The summed E-state index contributed by atoms with van der Waals surface area (Å²) in [5.74, 6) is -0.465. The molecule has 0 aliphatic heterocycles. The SMILES string of the molecule is CC(C)(C)OC(=O)NCC(=O)NCc1ccc(NC(=O)Cc2ccc(Cl)cc2)cc1. The van der Waals surface area contributed by atoms with E-state index in [-0.39, 0.29) is 24.8 Å². The zero-order chi connectivity index (χ0) is 22.1. The first-order valence-corrected chi connectivity index (χ1v) is 9.85. The van der Waals surface area contributed by atoms with Crippen molar-refractivity contribution in [3.8, 4) is 0 Å². The second-order valence-electron chi connectivity index (χ2n) is 7.68. The maximum Gasteiger partial charge on any atom is 0.408 e. The molecule has 8 heteroatoms. The third kappa shape index (κ3) is 8.96. The number of hydrogen-bond acceptors (Lipinski definition) is 4. The summed E-state index contributed by atoms with van der Waals surface area (Å²) in [5, 5.41) is 8.56. The molecule has 7 nitrogen and oxygen atoms in total. The van der Waals surface area contributed by atoms with Gasteiger partial charge in [-0.3, -0.25) is 9.59 Å². The molecule has 0 aliphatic rings. The molecule has 3 amide bonds. The summed E-state index contributed by atoms with van der Waals surface area (Å²) in [4.78, 5) is 35.5. The normalized spacial score (nSPS) is 10.8. The Bertz CT molecular complexity index is 875. The molecule has 0 radical (unpaired) electrons. The number of hydrogen-bond donors (Lipinski definition) is 3. The summed E-state index contributed by atoms with van der Waals surface area (Å²) in [7, 11) is 0. The quantitative estimate of drug-likeness (QED) is 0.623. The first kappa shape index (κ1) is 23.2. The highest BCUT2D eigenvalue weighted by atomic mass is 35.5. The Morgan fingerprint density at radius 3 is 2.07 bits per heavy atom. The van der Waals surface area contributed by atoms with Crippen molar-refractivity contribution in [2.24, 2.45) is 0 Å². The number of anilines is 1. The number of carbonyl (C=O) groups is 3. The van der Waals surface area contributed by atoms with Crippen molar-refractivity contribution in [3.63, 3.8) is 0 Å². The average Bonchev–Trinajstić information content (AvgIpc) is 2.66. The molecule has 0 unspecified atom stereocenters. The molecule has 0 fully saturated rings. The van der Waals surface area contributed by atoms with Crippen molar-refractivity contribution in [3.05, 3.63) is 64.7 Å². The van der Waals surface area contributed by atoms with E-state index in [4.69, 9.17) is 16.3 Å². The number of carbonyl (C=O) groups excluding carboxylic acids is 3. The van der Waals surface area contributed by atoms with E-state index < -0.39 is 11.7 Å². The molecule has 3 N–H and O–H groups in total. The maximum atomic E-state index is 12.1. The van der Waals surface area contributed by atoms with Gasteiger partial charge in [0.2, 0.25) is 11.8 Å². The molecular formula is C22H26ClN3O4. The smallest absolute Gasteiger partial charge is 0.408 e. The van der Waals surface area contributed by atoms with Crippen LogP contribution in [-0.2, 0) is 27.3 Å². The minimum absolute atomic E-state index is 0.133. The van der Waals surface area contributed by atoms with Crippen LogP contribution in [0.15, 0.2) is 48.5 Å². The second-order valence-corrected chi connectivity index (χ2v) is 8.12. The van der Waals surface area contributed by atoms with Gasteiger partial charge in [0, 0.05) is 17.3 Å². The van der Waals surface area contributed by atoms with Crippen molar-refractivity contribution in [2.75, 3.05) is 11.9 Å². The molecule has 0 saturated heterocycles. The van der Waals surface area contributed by atoms with Crippen LogP contribution in [0.25, 0.3) is 0 Å². The van der Waals surface area contributed by atoms with Gasteiger partial charge in [0.05, 0.1) is 6.42 Å². The third-order valence-electron chi connectivity index (χ3n) is 3.80. The van der Waals surface area contributed by atoms with E-state index in [1.165, 1.54) is 0 Å². The predicted molar refractivity (Wildman–Crippen MR) is 116 cm³/mol. The molecule has 0 heterocycles. The van der Waals surface area contributed by atoms with Crippen LogP contribution in [0.5, 0.6) is 0 Å². The number of ether oxygens (including phenoxy) is 1. The number of amides is 3. The standard InChI is InChI=1S/C22H26ClN3O4/c1-22(2,3)30-21(29)25-14-20(28)24-13-16-6-10-18(11-7-16)26-19(27)12-15-4-8-17(23)9-5-15/h4-11H,12-14H2,1-3H3,(H,24,28)(H,25,29)(H,26,27). The van der Waals surface area contributed by atoms with Gasteiger partial charge in [0.25, 0.3) is 0 Å². The highest BCUT2D eigenvalue weighted by Gasteiger charge is 2.16. The zero-order valence-electron chi connectivity index (χ0n) is 17.3. The molecule has 0 saturated carbocycles. The van der Waals surface area contributed by atoms with E-state index in [0.717, 1.165) is 11.1 Å². The van der Waals surface area contributed by atoms with E-state index in [9.17, 15) is 14.4 Å². The molecule has 0 atom stereocenters. The topological polar surface area (TPSA) is 96.5 Å². The second kappa shape index (κ2) is 10.6. The Labute approximate surface area is 181 Å². The van der Waals surface area contributed by atoms with E-state index in [2.05, 4.69) is 16.0 Å². The van der Waals surface area contributed by atoms with Gasteiger partial charge < -0.3 is 20.7 Å². The average molecular weight is 432 g/mol. The van der Waals surface area contributed by atoms with Gasteiger partial charge in [0.1, 0.15) is 12.1 Å². The first-order valence-electron chi connectivity index (χ1n) is 9.47. The minimum atomic E-state index is -0.642. The molecule has 160 valence electrons. The third-order valence-corrected chi connectivity index (χ3v) is 4.05. The van der Waals surface area contributed by atoms with Crippen LogP contribution in [0, 0.1) is 0 Å². The Morgan fingerprint density at radius 2 is 1.47 bits per heavy atom. The largest absolute Gasteiger partial charge is 0.444 e.